The SMILES string of the molecule is CC(C)c1ccc(SCC(=O)N2CCC[C@H](C(=O)O)C2)cc1. The van der Waals surface area contributed by atoms with Crippen molar-refractivity contribution < 1.29 is 14.7 Å². The Balaban J connectivity index is 1.85. The predicted molar refractivity (Wildman–Crippen MR) is 88.2 cm³/mol. The number of thioether (sulfide) groups is 1. The molecule has 0 bridgehead atoms. The first-order valence-electron chi connectivity index (χ1n) is 7.70. The Morgan fingerprint density at radius 3 is 2.59 bits per heavy atom. The van der Waals surface area contributed by atoms with Crippen LogP contribution in [0.4, 0.5) is 0 Å². The van der Waals surface area contributed by atoms with E-state index in [2.05, 4.69) is 26.0 Å². The van der Waals surface area contributed by atoms with Gasteiger partial charge in [-0.05, 0) is 36.5 Å². The Bertz CT molecular complexity index is 527. The van der Waals surface area contributed by atoms with Gasteiger partial charge in [0.1, 0.15) is 0 Å². The van der Waals surface area contributed by atoms with E-state index >= 15 is 0 Å². The molecule has 22 heavy (non-hydrogen) atoms. The highest BCUT2D eigenvalue weighted by atomic mass is 32.2. The average Bonchev–Trinajstić information content (AvgIpc) is 2.53. The van der Waals surface area contributed by atoms with Gasteiger partial charge in [0, 0.05) is 18.0 Å². The molecule has 4 nitrogen and oxygen atoms in total. The normalized spacial score (nSPS) is 18.5. The summed E-state index contributed by atoms with van der Waals surface area (Å²) in [4.78, 5) is 26.0. The molecule has 1 aliphatic heterocycles. The van der Waals surface area contributed by atoms with Crippen molar-refractivity contribution in [3.8, 4) is 0 Å². The number of amides is 1. The molecular weight excluding hydrogens is 298 g/mol. The molecule has 1 atom stereocenters. The van der Waals surface area contributed by atoms with Crippen molar-refractivity contribution in [1.82, 2.24) is 4.90 Å². The van der Waals surface area contributed by atoms with E-state index < -0.39 is 11.9 Å². The molecule has 0 saturated carbocycles. The summed E-state index contributed by atoms with van der Waals surface area (Å²) in [5.74, 6) is -0.304. The van der Waals surface area contributed by atoms with Gasteiger partial charge in [-0.1, -0.05) is 26.0 Å². The van der Waals surface area contributed by atoms with E-state index in [-0.39, 0.29) is 5.91 Å². The number of carbonyl (C=O) groups is 2. The zero-order chi connectivity index (χ0) is 16.1. The number of likely N-dealkylation sites (tertiary alicyclic amines) is 1. The number of hydrogen-bond acceptors (Lipinski definition) is 3. The molecule has 0 aromatic heterocycles. The molecule has 5 heteroatoms. The van der Waals surface area contributed by atoms with Crippen LogP contribution in [0.1, 0.15) is 38.2 Å². The lowest BCUT2D eigenvalue weighted by Crippen LogP contribution is -2.43. The molecule has 1 heterocycles. The van der Waals surface area contributed by atoms with Gasteiger partial charge in [-0.15, -0.1) is 11.8 Å². The first kappa shape index (κ1) is 16.9. The maximum Gasteiger partial charge on any atom is 0.308 e. The number of carboxylic acid groups (broad SMARTS) is 1. The van der Waals surface area contributed by atoms with Crippen molar-refractivity contribution in [3.05, 3.63) is 29.8 Å². The van der Waals surface area contributed by atoms with Crippen LogP contribution in [0.2, 0.25) is 0 Å². The monoisotopic (exact) mass is 321 g/mol. The van der Waals surface area contributed by atoms with Gasteiger partial charge in [0.05, 0.1) is 11.7 Å². The van der Waals surface area contributed by atoms with Crippen LogP contribution < -0.4 is 0 Å². The minimum atomic E-state index is -0.797. The maximum atomic E-state index is 12.2. The molecule has 1 fully saturated rings. The lowest BCUT2D eigenvalue weighted by Gasteiger charge is -2.30. The second-order valence-electron chi connectivity index (χ2n) is 6.03. The van der Waals surface area contributed by atoms with E-state index in [4.69, 9.17) is 5.11 Å². The van der Waals surface area contributed by atoms with E-state index in [1.54, 1.807) is 4.90 Å². The van der Waals surface area contributed by atoms with Gasteiger partial charge in [0.15, 0.2) is 0 Å². The predicted octanol–water partition coefficient (Wildman–Crippen LogP) is 3.23. The first-order chi connectivity index (χ1) is 10.5. The van der Waals surface area contributed by atoms with E-state index in [1.165, 1.54) is 17.3 Å². The Morgan fingerprint density at radius 2 is 2.00 bits per heavy atom. The number of rotatable bonds is 5. The summed E-state index contributed by atoms with van der Waals surface area (Å²) in [5.41, 5.74) is 1.29. The second-order valence-corrected chi connectivity index (χ2v) is 7.08. The zero-order valence-electron chi connectivity index (χ0n) is 13.1. The molecule has 0 aliphatic carbocycles. The van der Waals surface area contributed by atoms with Crippen LogP contribution in [0.3, 0.4) is 0 Å². The van der Waals surface area contributed by atoms with Gasteiger partial charge in [0.25, 0.3) is 0 Å². The fourth-order valence-electron chi connectivity index (χ4n) is 2.59. The van der Waals surface area contributed by atoms with Crippen molar-refractivity contribution in [2.45, 2.75) is 37.5 Å². The van der Waals surface area contributed by atoms with Gasteiger partial charge in [-0.2, -0.15) is 0 Å². The van der Waals surface area contributed by atoms with Gasteiger partial charge >= 0.3 is 5.97 Å². The quantitative estimate of drug-likeness (QED) is 0.846. The number of piperidine rings is 1. The van der Waals surface area contributed by atoms with Crippen LogP contribution in [0, 0.1) is 5.92 Å². The topological polar surface area (TPSA) is 57.6 Å². The number of aliphatic carboxylic acids is 1. The largest absolute Gasteiger partial charge is 0.481 e. The van der Waals surface area contributed by atoms with E-state index in [9.17, 15) is 9.59 Å². The molecule has 1 aromatic carbocycles. The molecule has 0 spiro atoms. The molecule has 1 N–H and O–H groups in total. The Hall–Kier alpha value is -1.49. The molecular formula is C17H23NO3S. The summed E-state index contributed by atoms with van der Waals surface area (Å²) in [6, 6.07) is 8.28. The molecule has 120 valence electrons. The summed E-state index contributed by atoms with van der Waals surface area (Å²) < 4.78 is 0. The standard InChI is InChI=1S/C17H23NO3S/c1-12(2)13-5-7-15(8-6-13)22-11-16(19)18-9-3-4-14(10-18)17(20)21/h5-8,12,14H,3-4,9-11H2,1-2H3,(H,20,21)/t14-/m0/s1. The summed E-state index contributed by atoms with van der Waals surface area (Å²) in [6.07, 6.45) is 1.44. The highest BCUT2D eigenvalue weighted by Crippen LogP contribution is 2.23. The second kappa shape index (κ2) is 7.68. The van der Waals surface area contributed by atoms with Gasteiger partial charge < -0.3 is 10.0 Å². The van der Waals surface area contributed by atoms with Crippen LogP contribution in [0.15, 0.2) is 29.2 Å². The van der Waals surface area contributed by atoms with Crippen LogP contribution in [0.25, 0.3) is 0 Å². The Morgan fingerprint density at radius 1 is 1.32 bits per heavy atom. The van der Waals surface area contributed by atoms with Crippen molar-refractivity contribution in [3.63, 3.8) is 0 Å². The molecule has 1 saturated heterocycles. The summed E-state index contributed by atoms with van der Waals surface area (Å²) in [5, 5.41) is 9.07. The van der Waals surface area contributed by atoms with Crippen LogP contribution in [-0.4, -0.2) is 40.7 Å². The van der Waals surface area contributed by atoms with E-state index in [0.717, 1.165) is 11.3 Å². The highest BCUT2D eigenvalue weighted by Gasteiger charge is 2.27. The maximum absolute atomic E-state index is 12.2. The molecule has 1 aromatic rings. The number of nitrogens with zero attached hydrogens (tertiary/aromatic N) is 1. The summed E-state index contributed by atoms with van der Waals surface area (Å²) >= 11 is 1.51. The Labute approximate surface area is 135 Å². The van der Waals surface area contributed by atoms with Crippen molar-refractivity contribution in [2.75, 3.05) is 18.8 Å². The minimum absolute atomic E-state index is 0.0314. The number of carbonyl (C=O) groups excluding carboxylic acids is 1. The highest BCUT2D eigenvalue weighted by molar-refractivity contribution is 8.00. The van der Waals surface area contributed by atoms with Gasteiger partial charge in [-0.3, -0.25) is 9.59 Å². The van der Waals surface area contributed by atoms with E-state index in [1.807, 2.05) is 12.1 Å². The van der Waals surface area contributed by atoms with Crippen molar-refractivity contribution >= 4 is 23.6 Å². The third-order valence-electron chi connectivity index (χ3n) is 4.03. The molecule has 0 unspecified atom stereocenters. The third-order valence-corrected chi connectivity index (χ3v) is 5.03. The summed E-state index contributed by atoms with van der Waals surface area (Å²) in [7, 11) is 0. The van der Waals surface area contributed by atoms with E-state index in [0.29, 0.717) is 31.2 Å². The zero-order valence-corrected chi connectivity index (χ0v) is 13.9. The fraction of sp³-hybridized carbons (Fsp3) is 0.529. The average molecular weight is 321 g/mol. The Kier molecular flexibility index (Phi) is 5.89. The fourth-order valence-corrected chi connectivity index (χ4v) is 3.39. The first-order valence-corrected chi connectivity index (χ1v) is 8.69. The number of hydrogen-bond donors (Lipinski definition) is 1. The summed E-state index contributed by atoms with van der Waals surface area (Å²) in [6.45, 7) is 5.33. The van der Waals surface area contributed by atoms with Crippen molar-refractivity contribution in [2.24, 2.45) is 5.92 Å². The lowest BCUT2D eigenvalue weighted by molar-refractivity contribution is -0.145. The van der Waals surface area contributed by atoms with Crippen LogP contribution in [0.5, 0.6) is 0 Å². The molecule has 1 amide bonds. The number of carboxylic acids is 1. The minimum Gasteiger partial charge on any atom is -0.481 e. The van der Waals surface area contributed by atoms with Crippen LogP contribution >= 0.6 is 11.8 Å². The van der Waals surface area contributed by atoms with Crippen LogP contribution in [-0.2, 0) is 9.59 Å². The smallest absolute Gasteiger partial charge is 0.308 e. The molecule has 1 aliphatic rings. The molecule has 0 radical (unpaired) electrons. The molecule has 2 rings (SSSR count). The lowest BCUT2D eigenvalue weighted by atomic mass is 9.98. The van der Waals surface area contributed by atoms with Crippen molar-refractivity contribution in [1.29, 1.82) is 0 Å². The third kappa shape index (κ3) is 4.50. The van der Waals surface area contributed by atoms with Gasteiger partial charge in [0.2, 0.25) is 5.91 Å². The number of benzene rings is 1. The van der Waals surface area contributed by atoms with Gasteiger partial charge in [-0.25, -0.2) is 0 Å².